The molecule has 1 aromatic heterocycles. The summed E-state index contributed by atoms with van der Waals surface area (Å²) in [7, 11) is 0.779. The summed E-state index contributed by atoms with van der Waals surface area (Å²) >= 11 is 1.24. The maximum absolute atomic E-state index is 12.9. The quantitative estimate of drug-likeness (QED) is 0.310. The lowest BCUT2D eigenvalue weighted by Crippen LogP contribution is -2.30. The van der Waals surface area contributed by atoms with Gasteiger partial charge in [-0.3, -0.25) is 10.1 Å². The predicted molar refractivity (Wildman–Crippen MR) is 124 cm³/mol. The lowest BCUT2D eigenvalue weighted by Gasteiger charge is -2.17. The highest BCUT2D eigenvalue weighted by atomic mass is 32.2. The third kappa shape index (κ3) is 7.55. The number of nitrogens with one attached hydrogen (secondary N) is 1. The van der Waals surface area contributed by atoms with Crippen LogP contribution in [-0.4, -0.2) is 81.6 Å². The zero-order valence-electron chi connectivity index (χ0n) is 18.8. The molecule has 11 nitrogen and oxygen atoms in total. The number of methoxy groups -OCH3 is 2. The number of rotatable bonds is 13. The van der Waals surface area contributed by atoms with Gasteiger partial charge in [0.25, 0.3) is 5.91 Å². The summed E-state index contributed by atoms with van der Waals surface area (Å²) in [5, 5.41) is 16.1. The molecule has 0 fully saturated rings. The zero-order chi connectivity index (χ0) is 24.4. The van der Waals surface area contributed by atoms with Gasteiger partial charge in [-0.05, 0) is 19.1 Å². The molecule has 0 radical (unpaired) electrons. The number of carbonyl (C=O) groups excluding carboxylic acids is 1. The molecule has 1 amide bonds. The van der Waals surface area contributed by atoms with Crippen molar-refractivity contribution in [2.45, 2.75) is 24.5 Å². The summed E-state index contributed by atoms with van der Waals surface area (Å²) in [6, 6.07) is 5.68. The maximum atomic E-state index is 12.9. The number of aliphatic hydroxyl groups excluding tert-OH is 1. The maximum Gasteiger partial charge on any atom is 0.280 e. The van der Waals surface area contributed by atoms with Crippen LogP contribution in [0.3, 0.4) is 0 Å². The van der Waals surface area contributed by atoms with Crippen molar-refractivity contribution in [1.29, 1.82) is 0 Å². The van der Waals surface area contributed by atoms with Gasteiger partial charge in [0.05, 0.1) is 29.6 Å². The van der Waals surface area contributed by atoms with E-state index in [1.807, 2.05) is 0 Å². The fourth-order valence-electron chi connectivity index (χ4n) is 2.44. The number of carbonyl (C=O) groups is 1. The number of hydrogen-bond donors (Lipinski definition) is 2. The van der Waals surface area contributed by atoms with Gasteiger partial charge in [0.2, 0.25) is 10.0 Å². The molecule has 2 rings (SSSR count). The van der Waals surface area contributed by atoms with E-state index in [9.17, 15) is 18.3 Å². The SMILES string of the molecule is COCCN(C)S(=O)(=O)c1ccc(/C(=N\O[C@H](C)CO)C(=O)Nc2ncc(COC)s2)cc1. The highest BCUT2D eigenvalue weighted by Crippen LogP contribution is 2.20. The normalized spacial score (nSPS) is 13.2. The van der Waals surface area contributed by atoms with Gasteiger partial charge in [-0.15, -0.1) is 0 Å². The molecule has 13 heteroatoms. The number of aliphatic hydroxyl groups is 1. The molecule has 1 aromatic carbocycles. The Balaban J connectivity index is 2.28. The molecule has 0 aliphatic rings. The van der Waals surface area contributed by atoms with Crippen molar-refractivity contribution < 1.29 is 32.6 Å². The first kappa shape index (κ1) is 26.8. The van der Waals surface area contributed by atoms with E-state index in [0.717, 1.165) is 4.88 Å². The fraction of sp³-hybridized carbons (Fsp3) is 0.450. The average molecular weight is 501 g/mol. The van der Waals surface area contributed by atoms with Crippen molar-refractivity contribution in [2.75, 3.05) is 46.3 Å². The van der Waals surface area contributed by atoms with E-state index in [4.69, 9.17) is 14.3 Å². The van der Waals surface area contributed by atoms with Crippen LogP contribution < -0.4 is 5.32 Å². The molecule has 0 aliphatic carbocycles. The first-order chi connectivity index (χ1) is 15.7. The molecule has 1 heterocycles. The van der Waals surface area contributed by atoms with E-state index in [1.165, 1.54) is 54.1 Å². The van der Waals surface area contributed by atoms with Crippen molar-refractivity contribution in [3.63, 3.8) is 0 Å². The Morgan fingerprint density at radius 1 is 1.27 bits per heavy atom. The molecule has 33 heavy (non-hydrogen) atoms. The van der Waals surface area contributed by atoms with Gasteiger partial charge in [-0.2, -0.15) is 4.31 Å². The zero-order valence-corrected chi connectivity index (χ0v) is 20.5. The van der Waals surface area contributed by atoms with Crippen molar-refractivity contribution in [3.05, 3.63) is 40.9 Å². The van der Waals surface area contributed by atoms with Crippen molar-refractivity contribution in [1.82, 2.24) is 9.29 Å². The molecular formula is C20H28N4O7S2. The van der Waals surface area contributed by atoms with Crippen molar-refractivity contribution in [2.24, 2.45) is 5.16 Å². The van der Waals surface area contributed by atoms with Gasteiger partial charge in [0.1, 0.15) is 6.10 Å². The van der Waals surface area contributed by atoms with Gasteiger partial charge < -0.3 is 19.4 Å². The Morgan fingerprint density at radius 3 is 2.58 bits per heavy atom. The smallest absolute Gasteiger partial charge is 0.280 e. The summed E-state index contributed by atoms with van der Waals surface area (Å²) in [6.45, 7) is 2.11. The Morgan fingerprint density at radius 2 is 1.97 bits per heavy atom. The number of nitrogens with zero attached hydrogens (tertiary/aromatic N) is 3. The lowest BCUT2D eigenvalue weighted by molar-refractivity contribution is -0.110. The summed E-state index contributed by atoms with van der Waals surface area (Å²) in [5.74, 6) is -0.605. The molecule has 0 spiro atoms. The minimum Gasteiger partial charge on any atom is -0.392 e. The highest BCUT2D eigenvalue weighted by Gasteiger charge is 2.22. The van der Waals surface area contributed by atoms with E-state index in [2.05, 4.69) is 15.5 Å². The molecule has 2 N–H and O–H groups in total. The minimum atomic E-state index is -3.73. The molecule has 2 aromatic rings. The van der Waals surface area contributed by atoms with Crippen molar-refractivity contribution >= 4 is 38.1 Å². The lowest BCUT2D eigenvalue weighted by atomic mass is 10.1. The monoisotopic (exact) mass is 500 g/mol. The molecule has 0 bridgehead atoms. The molecule has 0 aliphatic heterocycles. The number of anilines is 1. The number of likely N-dealkylation sites (N-methyl/N-ethyl adjacent to an activating group) is 1. The highest BCUT2D eigenvalue weighted by molar-refractivity contribution is 7.89. The third-order valence-corrected chi connectivity index (χ3v) is 7.06. The number of oxime groups is 1. The Bertz CT molecular complexity index is 1040. The minimum absolute atomic E-state index is 0.0541. The predicted octanol–water partition coefficient (Wildman–Crippen LogP) is 1.30. The average Bonchev–Trinajstić information content (AvgIpc) is 3.24. The number of sulfonamides is 1. The van der Waals surface area contributed by atoms with Crippen LogP contribution in [-0.2, 0) is 35.7 Å². The second-order valence-corrected chi connectivity index (χ2v) is 10.1. The van der Waals surface area contributed by atoms with Gasteiger partial charge >= 0.3 is 0 Å². The number of benzene rings is 1. The summed E-state index contributed by atoms with van der Waals surface area (Å²) in [4.78, 5) is 23.1. The number of hydrogen-bond acceptors (Lipinski definition) is 10. The number of aromatic nitrogens is 1. The second-order valence-electron chi connectivity index (χ2n) is 6.90. The molecule has 0 saturated heterocycles. The van der Waals surface area contributed by atoms with Crippen LogP contribution in [0.4, 0.5) is 5.13 Å². The molecule has 0 saturated carbocycles. The van der Waals surface area contributed by atoms with E-state index in [-0.39, 0.29) is 30.4 Å². The molecule has 0 unspecified atom stereocenters. The van der Waals surface area contributed by atoms with Crippen LogP contribution in [0, 0.1) is 0 Å². The Kier molecular flexibility index (Phi) is 10.3. The van der Waals surface area contributed by atoms with Crippen molar-refractivity contribution in [3.8, 4) is 0 Å². The Labute approximate surface area is 197 Å². The standard InChI is InChI=1S/C20H28N4O7S2/c1-14(12-25)31-23-18(19(26)22-20-21-11-16(32-20)13-30-4)15-5-7-17(8-6-15)33(27,28)24(2)9-10-29-3/h5-8,11,14,25H,9-10,12-13H2,1-4H3,(H,21,22,26)/b23-18+/t14-/m1/s1. The molecular weight excluding hydrogens is 472 g/mol. The van der Waals surface area contributed by atoms with Crippen LogP contribution >= 0.6 is 11.3 Å². The fourth-order valence-corrected chi connectivity index (χ4v) is 4.37. The Hall–Kier alpha value is -2.42. The van der Waals surface area contributed by atoms with E-state index in [1.54, 1.807) is 20.2 Å². The van der Waals surface area contributed by atoms with Crippen LogP contribution in [0.15, 0.2) is 40.5 Å². The third-order valence-electron chi connectivity index (χ3n) is 4.30. The summed E-state index contributed by atoms with van der Waals surface area (Å²) in [6.07, 6.45) is 0.944. The number of amides is 1. The summed E-state index contributed by atoms with van der Waals surface area (Å²) < 4.78 is 36.5. The van der Waals surface area contributed by atoms with Gasteiger partial charge in [0, 0.05) is 39.6 Å². The molecule has 1 atom stereocenters. The van der Waals surface area contributed by atoms with Gasteiger partial charge in [-0.25, -0.2) is 13.4 Å². The van der Waals surface area contributed by atoms with Crippen LogP contribution in [0.25, 0.3) is 0 Å². The summed E-state index contributed by atoms with van der Waals surface area (Å²) in [5.41, 5.74) is 0.222. The van der Waals surface area contributed by atoms with Gasteiger partial charge in [-0.1, -0.05) is 28.6 Å². The number of ether oxygens (including phenoxy) is 2. The van der Waals surface area contributed by atoms with E-state index >= 15 is 0 Å². The molecule has 182 valence electrons. The van der Waals surface area contributed by atoms with E-state index < -0.39 is 22.0 Å². The van der Waals surface area contributed by atoms with E-state index in [0.29, 0.717) is 17.3 Å². The first-order valence-corrected chi connectivity index (χ1v) is 12.1. The van der Waals surface area contributed by atoms with Crippen LogP contribution in [0.5, 0.6) is 0 Å². The number of thiazole rings is 1. The topological polar surface area (TPSA) is 140 Å². The largest absolute Gasteiger partial charge is 0.392 e. The van der Waals surface area contributed by atoms with Gasteiger partial charge in [0.15, 0.2) is 10.8 Å². The second kappa shape index (κ2) is 12.7. The van der Waals surface area contributed by atoms with Crippen LogP contribution in [0.1, 0.15) is 17.4 Å². The first-order valence-electron chi connectivity index (χ1n) is 9.88. The van der Waals surface area contributed by atoms with Crippen LogP contribution in [0.2, 0.25) is 0 Å².